The maximum absolute atomic E-state index is 10.4. The van der Waals surface area contributed by atoms with Gasteiger partial charge in [-0.3, -0.25) is 0 Å². The number of terminal acetylenes is 1. The summed E-state index contributed by atoms with van der Waals surface area (Å²) in [6.45, 7) is 2.26. The minimum absolute atomic E-state index is 0.402. The van der Waals surface area contributed by atoms with Gasteiger partial charge in [0.15, 0.2) is 0 Å². The molecule has 1 saturated carbocycles. The van der Waals surface area contributed by atoms with Crippen molar-refractivity contribution in [3.63, 3.8) is 0 Å². The van der Waals surface area contributed by atoms with Gasteiger partial charge < -0.3 is 5.11 Å². The van der Waals surface area contributed by atoms with Crippen molar-refractivity contribution in [1.29, 1.82) is 0 Å². The first kappa shape index (κ1) is 12.6. The molecule has 2 unspecified atom stereocenters. The van der Waals surface area contributed by atoms with Gasteiger partial charge in [0, 0.05) is 6.42 Å². The second-order valence-corrected chi connectivity index (χ2v) is 4.99. The summed E-state index contributed by atoms with van der Waals surface area (Å²) in [7, 11) is 0. The van der Waals surface area contributed by atoms with Gasteiger partial charge in [0.2, 0.25) is 0 Å². The molecule has 1 heteroatoms. The van der Waals surface area contributed by atoms with E-state index in [4.69, 9.17) is 6.42 Å². The molecule has 2 atom stereocenters. The molecule has 0 bridgehead atoms. The molecule has 0 saturated heterocycles. The maximum atomic E-state index is 10.4. The van der Waals surface area contributed by atoms with Gasteiger partial charge in [-0.05, 0) is 38.0 Å². The second-order valence-electron chi connectivity index (χ2n) is 4.99. The number of hydrogen-bond acceptors (Lipinski definition) is 1. The summed E-state index contributed by atoms with van der Waals surface area (Å²) in [5.41, 5.74) is -0.402. The van der Waals surface area contributed by atoms with E-state index in [0.717, 1.165) is 38.0 Å². The van der Waals surface area contributed by atoms with Crippen molar-refractivity contribution in [2.75, 3.05) is 0 Å². The summed E-state index contributed by atoms with van der Waals surface area (Å²) in [5.74, 6) is 3.49. The number of aliphatic hydroxyl groups is 1. The van der Waals surface area contributed by atoms with Crippen LogP contribution in [0.15, 0.2) is 0 Å². The molecule has 0 spiro atoms. The van der Waals surface area contributed by atoms with E-state index >= 15 is 0 Å². The molecule has 1 nitrogen and oxygen atoms in total. The van der Waals surface area contributed by atoms with Crippen molar-refractivity contribution >= 4 is 0 Å². The molecule has 1 N–H and O–H groups in total. The van der Waals surface area contributed by atoms with Crippen molar-refractivity contribution in [2.45, 2.75) is 70.3 Å². The van der Waals surface area contributed by atoms with E-state index in [9.17, 15) is 5.11 Å². The zero-order valence-electron chi connectivity index (χ0n) is 9.97. The van der Waals surface area contributed by atoms with Crippen LogP contribution in [0.4, 0.5) is 0 Å². The lowest BCUT2D eigenvalue weighted by Crippen LogP contribution is -2.27. The molecule has 0 radical (unpaired) electrons. The first-order chi connectivity index (χ1) is 7.20. The smallest absolute Gasteiger partial charge is 0.0648 e. The zero-order chi connectivity index (χ0) is 11.1. The fourth-order valence-corrected chi connectivity index (χ4v) is 2.64. The van der Waals surface area contributed by atoms with Crippen LogP contribution in [0.5, 0.6) is 0 Å². The molecule has 86 valence electrons. The second kappa shape index (κ2) is 6.18. The minimum Gasteiger partial charge on any atom is -0.390 e. The van der Waals surface area contributed by atoms with Crippen LogP contribution in [0.2, 0.25) is 0 Å². The van der Waals surface area contributed by atoms with E-state index in [-0.39, 0.29) is 0 Å². The normalized spacial score (nSPS) is 31.9. The molecule has 1 fully saturated rings. The summed E-state index contributed by atoms with van der Waals surface area (Å²) in [5, 5.41) is 10.4. The molecular formula is C14H24O. The average molecular weight is 208 g/mol. The predicted molar refractivity (Wildman–Crippen MR) is 64.5 cm³/mol. The topological polar surface area (TPSA) is 20.2 Å². The number of hydrogen-bond donors (Lipinski definition) is 1. The van der Waals surface area contributed by atoms with E-state index < -0.39 is 5.60 Å². The van der Waals surface area contributed by atoms with E-state index in [0.29, 0.717) is 0 Å². The molecule has 0 aromatic rings. The van der Waals surface area contributed by atoms with Crippen LogP contribution < -0.4 is 0 Å². The van der Waals surface area contributed by atoms with Gasteiger partial charge in [-0.2, -0.15) is 0 Å². The Morgan fingerprint density at radius 1 is 1.40 bits per heavy atom. The van der Waals surface area contributed by atoms with Gasteiger partial charge in [0.25, 0.3) is 0 Å². The molecule has 0 aromatic carbocycles. The van der Waals surface area contributed by atoms with Crippen molar-refractivity contribution in [3.8, 4) is 12.3 Å². The number of rotatable bonds is 4. The molecule has 0 amide bonds. The first-order valence-electron chi connectivity index (χ1n) is 6.36. The van der Waals surface area contributed by atoms with Gasteiger partial charge >= 0.3 is 0 Å². The summed E-state index contributed by atoms with van der Waals surface area (Å²) in [6, 6.07) is 0. The van der Waals surface area contributed by atoms with Gasteiger partial charge in [-0.25, -0.2) is 0 Å². The standard InChI is InChI=1S/C14H24O/c1-3-5-6-10-14(15)11-7-8-13(4-2)9-12-14/h1,13,15H,4-12H2,2H3. The summed E-state index contributed by atoms with van der Waals surface area (Å²) < 4.78 is 0. The average Bonchev–Trinajstić information content (AvgIpc) is 2.41. The molecule has 0 aliphatic heterocycles. The van der Waals surface area contributed by atoms with Gasteiger partial charge in [0.05, 0.1) is 5.60 Å². The highest BCUT2D eigenvalue weighted by Crippen LogP contribution is 2.34. The lowest BCUT2D eigenvalue weighted by Gasteiger charge is -2.26. The molecular weight excluding hydrogens is 184 g/mol. The Balaban J connectivity index is 2.36. The van der Waals surface area contributed by atoms with Crippen LogP contribution in [0.3, 0.4) is 0 Å². The van der Waals surface area contributed by atoms with Gasteiger partial charge in [0.1, 0.15) is 0 Å². The van der Waals surface area contributed by atoms with Crippen LogP contribution in [0.1, 0.15) is 64.7 Å². The van der Waals surface area contributed by atoms with Gasteiger partial charge in [-0.15, -0.1) is 12.3 Å². The molecule has 0 heterocycles. The number of unbranched alkanes of at least 4 members (excludes halogenated alkanes) is 1. The maximum Gasteiger partial charge on any atom is 0.0648 e. The monoisotopic (exact) mass is 208 g/mol. The Morgan fingerprint density at radius 3 is 2.87 bits per heavy atom. The van der Waals surface area contributed by atoms with E-state index in [1.54, 1.807) is 0 Å². The Hall–Kier alpha value is -0.480. The highest BCUT2D eigenvalue weighted by molar-refractivity contribution is 4.87. The molecule has 1 rings (SSSR count). The molecule has 15 heavy (non-hydrogen) atoms. The highest BCUT2D eigenvalue weighted by Gasteiger charge is 2.29. The van der Waals surface area contributed by atoms with Crippen molar-refractivity contribution in [2.24, 2.45) is 5.92 Å². The van der Waals surface area contributed by atoms with Crippen LogP contribution in [0.25, 0.3) is 0 Å². The lowest BCUT2D eigenvalue weighted by atomic mass is 9.88. The summed E-state index contributed by atoms with van der Waals surface area (Å²) in [4.78, 5) is 0. The van der Waals surface area contributed by atoms with Gasteiger partial charge in [-0.1, -0.05) is 26.2 Å². The molecule has 1 aliphatic carbocycles. The lowest BCUT2D eigenvalue weighted by molar-refractivity contribution is 0.0139. The molecule has 0 aromatic heterocycles. The Bertz CT molecular complexity index is 216. The predicted octanol–water partition coefficient (Wildman–Crippen LogP) is 3.51. The van der Waals surface area contributed by atoms with E-state index in [2.05, 4.69) is 12.8 Å². The Morgan fingerprint density at radius 2 is 2.20 bits per heavy atom. The quantitative estimate of drug-likeness (QED) is 0.426. The van der Waals surface area contributed by atoms with Crippen LogP contribution in [0, 0.1) is 18.3 Å². The Kier molecular flexibility index (Phi) is 5.19. The van der Waals surface area contributed by atoms with Crippen molar-refractivity contribution in [3.05, 3.63) is 0 Å². The van der Waals surface area contributed by atoms with Crippen LogP contribution in [-0.4, -0.2) is 10.7 Å². The third kappa shape index (κ3) is 4.26. The fourth-order valence-electron chi connectivity index (χ4n) is 2.64. The van der Waals surface area contributed by atoms with Crippen molar-refractivity contribution < 1.29 is 5.11 Å². The Labute approximate surface area is 94.3 Å². The first-order valence-corrected chi connectivity index (χ1v) is 6.36. The van der Waals surface area contributed by atoms with E-state index in [1.807, 2.05) is 0 Å². The summed E-state index contributed by atoms with van der Waals surface area (Å²) >= 11 is 0. The zero-order valence-corrected chi connectivity index (χ0v) is 9.97. The minimum atomic E-state index is -0.402. The van der Waals surface area contributed by atoms with Crippen LogP contribution >= 0.6 is 0 Å². The van der Waals surface area contributed by atoms with Crippen molar-refractivity contribution in [1.82, 2.24) is 0 Å². The molecule has 1 aliphatic rings. The highest BCUT2D eigenvalue weighted by atomic mass is 16.3. The largest absolute Gasteiger partial charge is 0.390 e. The van der Waals surface area contributed by atoms with Crippen LogP contribution in [-0.2, 0) is 0 Å². The fraction of sp³-hybridized carbons (Fsp3) is 0.857. The third-order valence-corrected chi connectivity index (χ3v) is 3.81. The van der Waals surface area contributed by atoms with E-state index in [1.165, 1.54) is 25.7 Å². The third-order valence-electron chi connectivity index (χ3n) is 3.81. The summed E-state index contributed by atoms with van der Waals surface area (Å²) in [6.07, 6.45) is 14.8. The SMILES string of the molecule is C#CCCCC1(O)CCCC(CC)CC1.